The molecule has 1 aromatic rings. The summed E-state index contributed by atoms with van der Waals surface area (Å²) >= 11 is 0. The van der Waals surface area contributed by atoms with Crippen LogP contribution < -0.4 is 0 Å². The van der Waals surface area contributed by atoms with Crippen molar-refractivity contribution in [1.29, 1.82) is 0 Å². The number of ketones is 1. The fraction of sp³-hybridized carbons (Fsp3) is 0.333. The van der Waals surface area contributed by atoms with Crippen molar-refractivity contribution in [3.63, 3.8) is 0 Å². The number of Topliss-reactive ketones (excluding diaryl/α,β-unsaturated/α-hetero) is 1. The monoisotopic (exact) mass is 204 g/mol. The summed E-state index contributed by atoms with van der Waals surface area (Å²) in [5.74, 6) is 0.486. The molecular formula is C12H12O3. The molecule has 0 atom stereocenters. The maximum atomic E-state index is 11.6. The zero-order valence-electron chi connectivity index (χ0n) is 8.31. The Hall–Kier alpha value is -1.64. The zero-order valence-corrected chi connectivity index (χ0v) is 8.31. The maximum absolute atomic E-state index is 11.6. The fourth-order valence-electron chi connectivity index (χ4n) is 1.48. The molecule has 0 heterocycles. The number of carbonyl (C=O) groups excluding carboxylic acids is 2. The number of ether oxygens (including phenoxy) is 1. The normalized spacial score (nSPS) is 14.7. The summed E-state index contributed by atoms with van der Waals surface area (Å²) in [7, 11) is 0. The van der Waals surface area contributed by atoms with E-state index in [0.717, 1.165) is 24.0 Å². The molecule has 0 N–H and O–H groups in total. The smallest absolute Gasteiger partial charge is 0.293 e. The van der Waals surface area contributed by atoms with Crippen LogP contribution in [0.15, 0.2) is 24.3 Å². The maximum Gasteiger partial charge on any atom is 0.293 e. The van der Waals surface area contributed by atoms with Gasteiger partial charge < -0.3 is 4.74 Å². The molecule has 1 aliphatic rings. The summed E-state index contributed by atoms with van der Waals surface area (Å²) < 4.78 is 4.61. The lowest BCUT2D eigenvalue weighted by atomic mass is 10.1. The van der Waals surface area contributed by atoms with Crippen molar-refractivity contribution in [3.05, 3.63) is 35.4 Å². The van der Waals surface area contributed by atoms with E-state index in [0.29, 0.717) is 6.47 Å². The van der Waals surface area contributed by atoms with Gasteiger partial charge in [-0.3, -0.25) is 9.59 Å². The standard InChI is InChI=1S/C12H12O3/c13-8-15-7-9-1-3-10(4-2-9)12(14)11-5-6-11/h1-4,8,11H,5-7H2. The van der Waals surface area contributed by atoms with Crippen LogP contribution in [-0.4, -0.2) is 12.3 Å². The van der Waals surface area contributed by atoms with Crippen molar-refractivity contribution < 1.29 is 14.3 Å². The van der Waals surface area contributed by atoms with Crippen LogP contribution in [0.5, 0.6) is 0 Å². The lowest BCUT2D eigenvalue weighted by Crippen LogP contribution is -2.01. The van der Waals surface area contributed by atoms with Gasteiger partial charge in [-0.25, -0.2) is 0 Å². The molecule has 1 aliphatic carbocycles. The Morgan fingerprint density at radius 2 is 2.00 bits per heavy atom. The van der Waals surface area contributed by atoms with Gasteiger partial charge in [0.05, 0.1) is 0 Å². The minimum Gasteiger partial charge on any atom is -0.463 e. The van der Waals surface area contributed by atoms with Crippen molar-refractivity contribution in [2.75, 3.05) is 0 Å². The molecule has 15 heavy (non-hydrogen) atoms. The van der Waals surface area contributed by atoms with E-state index in [2.05, 4.69) is 4.74 Å². The van der Waals surface area contributed by atoms with Crippen LogP contribution in [0.25, 0.3) is 0 Å². The van der Waals surface area contributed by atoms with E-state index in [1.807, 2.05) is 12.1 Å². The minimum absolute atomic E-state index is 0.234. The predicted octanol–water partition coefficient (Wildman–Crippen LogP) is 1.95. The van der Waals surface area contributed by atoms with Gasteiger partial charge in [0.25, 0.3) is 6.47 Å². The summed E-state index contributed by atoms with van der Waals surface area (Å²) in [6, 6.07) is 7.23. The van der Waals surface area contributed by atoms with E-state index in [9.17, 15) is 9.59 Å². The van der Waals surface area contributed by atoms with Gasteiger partial charge in [0.2, 0.25) is 0 Å². The topological polar surface area (TPSA) is 43.4 Å². The second-order valence-corrected chi connectivity index (χ2v) is 3.74. The number of carbonyl (C=O) groups is 2. The van der Waals surface area contributed by atoms with Gasteiger partial charge in [-0.1, -0.05) is 24.3 Å². The molecule has 0 radical (unpaired) electrons. The van der Waals surface area contributed by atoms with Crippen molar-refractivity contribution in [2.24, 2.45) is 5.92 Å². The Balaban J connectivity index is 2.02. The van der Waals surface area contributed by atoms with Crippen LogP contribution in [0.4, 0.5) is 0 Å². The van der Waals surface area contributed by atoms with Crippen LogP contribution in [0.3, 0.4) is 0 Å². The van der Waals surface area contributed by atoms with Gasteiger partial charge in [-0.15, -0.1) is 0 Å². The highest BCUT2D eigenvalue weighted by molar-refractivity contribution is 5.99. The van der Waals surface area contributed by atoms with Gasteiger partial charge in [0.1, 0.15) is 6.61 Å². The average Bonchev–Trinajstić information content (AvgIpc) is 3.10. The van der Waals surface area contributed by atoms with E-state index in [-0.39, 0.29) is 18.3 Å². The fourth-order valence-corrected chi connectivity index (χ4v) is 1.48. The van der Waals surface area contributed by atoms with E-state index in [4.69, 9.17) is 0 Å². The summed E-state index contributed by atoms with van der Waals surface area (Å²) in [4.78, 5) is 21.6. The lowest BCUT2D eigenvalue weighted by Gasteiger charge is -2.01. The van der Waals surface area contributed by atoms with Crippen LogP contribution in [-0.2, 0) is 16.1 Å². The van der Waals surface area contributed by atoms with Gasteiger partial charge in [0, 0.05) is 11.5 Å². The van der Waals surface area contributed by atoms with Gasteiger partial charge in [0.15, 0.2) is 5.78 Å². The second kappa shape index (κ2) is 4.26. The lowest BCUT2D eigenvalue weighted by molar-refractivity contribution is -0.129. The van der Waals surface area contributed by atoms with Gasteiger partial charge in [-0.05, 0) is 18.4 Å². The first-order valence-electron chi connectivity index (χ1n) is 4.99. The van der Waals surface area contributed by atoms with E-state index >= 15 is 0 Å². The molecule has 3 nitrogen and oxygen atoms in total. The number of benzene rings is 1. The van der Waals surface area contributed by atoms with Crippen LogP contribution in [0.1, 0.15) is 28.8 Å². The summed E-state index contributed by atoms with van der Waals surface area (Å²) in [5.41, 5.74) is 1.65. The SMILES string of the molecule is O=COCc1ccc(C(=O)C2CC2)cc1. The zero-order chi connectivity index (χ0) is 10.7. The summed E-state index contributed by atoms with van der Waals surface area (Å²) in [5, 5.41) is 0. The number of rotatable bonds is 5. The molecule has 1 fully saturated rings. The summed E-state index contributed by atoms with van der Waals surface area (Å²) in [6.45, 7) is 0.685. The van der Waals surface area contributed by atoms with Gasteiger partial charge >= 0.3 is 0 Å². The quantitative estimate of drug-likeness (QED) is 0.544. The highest BCUT2D eigenvalue weighted by Crippen LogP contribution is 2.32. The molecule has 0 aromatic heterocycles. The second-order valence-electron chi connectivity index (χ2n) is 3.74. The summed E-state index contributed by atoms with van der Waals surface area (Å²) in [6.07, 6.45) is 2.05. The molecule has 0 unspecified atom stereocenters. The predicted molar refractivity (Wildman–Crippen MR) is 54.3 cm³/mol. The highest BCUT2D eigenvalue weighted by atomic mass is 16.5. The van der Waals surface area contributed by atoms with E-state index in [1.54, 1.807) is 12.1 Å². The van der Waals surface area contributed by atoms with E-state index < -0.39 is 0 Å². The third-order valence-electron chi connectivity index (χ3n) is 2.50. The highest BCUT2D eigenvalue weighted by Gasteiger charge is 2.30. The first-order valence-corrected chi connectivity index (χ1v) is 4.99. The Morgan fingerprint density at radius 1 is 1.33 bits per heavy atom. The van der Waals surface area contributed by atoms with Crippen molar-refractivity contribution in [2.45, 2.75) is 19.4 Å². The molecule has 1 aromatic carbocycles. The van der Waals surface area contributed by atoms with Crippen LogP contribution in [0.2, 0.25) is 0 Å². The third kappa shape index (κ3) is 2.43. The molecule has 0 spiro atoms. The Morgan fingerprint density at radius 3 is 2.53 bits per heavy atom. The molecule has 1 saturated carbocycles. The molecule has 0 bridgehead atoms. The molecule has 78 valence electrons. The molecule has 0 saturated heterocycles. The Kier molecular flexibility index (Phi) is 2.81. The number of hydrogen-bond acceptors (Lipinski definition) is 3. The molecule has 0 amide bonds. The third-order valence-corrected chi connectivity index (χ3v) is 2.50. The average molecular weight is 204 g/mol. The van der Waals surface area contributed by atoms with Crippen LogP contribution in [0, 0.1) is 5.92 Å². The molecule has 3 heteroatoms. The van der Waals surface area contributed by atoms with Gasteiger partial charge in [-0.2, -0.15) is 0 Å². The van der Waals surface area contributed by atoms with Crippen LogP contribution >= 0.6 is 0 Å². The first kappa shape index (κ1) is 9.90. The molecular weight excluding hydrogens is 192 g/mol. The van der Waals surface area contributed by atoms with Crippen molar-refractivity contribution in [1.82, 2.24) is 0 Å². The molecule has 0 aliphatic heterocycles. The van der Waals surface area contributed by atoms with Crippen molar-refractivity contribution >= 4 is 12.3 Å². The Labute approximate surface area is 88.1 Å². The minimum atomic E-state index is 0.234. The number of hydrogen-bond donors (Lipinski definition) is 0. The Bertz CT molecular complexity index is 363. The van der Waals surface area contributed by atoms with E-state index in [1.165, 1.54) is 0 Å². The largest absolute Gasteiger partial charge is 0.463 e. The molecule has 2 rings (SSSR count). The van der Waals surface area contributed by atoms with Crippen molar-refractivity contribution in [3.8, 4) is 0 Å². The first-order chi connectivity index (χ1) is 7.31.